The number of sulfonamides is 1. The number of aromatic nitrogens is 1. The second-order valence-electron chi connectivity index (χ2n) is 5.86. The summed E-state index contributed by atoms with van der Waals surface area (Å²) in [6.45, 7) is 0. The molecule has 1 aromatic heterocycles. The van der Waals surface area contributed by atoms with Crippen molar-refractivity contribution in [3.8, 4) is 0 Å². The van der Waals surface area contributed by atoms with E-state index in [1.54, 1.807) is 24.3 Å². The quantitative estimate of drug-likeness (QED) is 0.372. The molecule has 0 radical (unpaired) electrons. The van der Waals surface area contributed by atoms with Crippen molar-refractivity contribution >= 4 is 44.7 Å². The molecule has 1 atom stereocenters. The fourth-order valence-corrected chi connectivity index (χ4v) is 4.10. The Morgan fingerprint density at radius 2 is 1.72 bits per heavy atom. The van der Waals surface area contributed by atoms with E-state index in [0.29, 0.717) is 10.6 Å². The molecule has 0 bridgehead atoms. The molecule has 3 aromatic rings. The molecule has 152 valence electrons. The van der Waals surface area contributed by atoms with Crippen LogP contribution in [0.4, 0.5) is 20.3 Å². The first-order valence-electron chi connectivity index (χ1n) is 8.08. The number of hydrogen-bond acceptors (Lipinski definition) is 5. The summed E-state index contributed by atoms with van der Waals surface area (Å²) in [5, 5.41) is 3.09. The third-order valence-corrected chi connectivity index (χ3v) is 5.84. The summed E-state index contributed by atoms with van der Waals surface area (Å²) in [5.41, 5.74) is 6.65. The Morgan fingerprint density at radius 3 is 2.41 bits per heavy atom. The van der Waals surface area contributed by atoms with E-state index >= 15 is 0 Å². The number of nitrogens with zero attached hydrogens (tertiary/aromatic N) is 1. The van der Waals surface area contributed by atoms with Gasteiger partial charge >= 0.3 is 0 Å². The highest BCUT2D eigenvalue weighted by Crippen LogP contribution is 2.31. The van der Waals surface area contributed by atoms with Crippen LogP contribution in [0.3, 0.4) is 0 Å². The van der Waals surface area contributed by atoms with Gasteiger partial charge in [-0.2, -0.15) is 4.39 Å². The maximum absolute atomic E-state index is 14.6. The van der Waals surface area contributed by atoms with Gasteiger partial charge in [-0.25, -0.2) is 17.8 Å². The zero-order valence-electron chi connectivity index (χ0n) is 14.5. The number of nitrogens with one attached hydrogen (secondary N) is 2. The molecule has 0 aliphatic rings. The molecular weight excluding hydrogens is 445 g/mol. The van der Waals surface area contributed by atoms with E-state index in [1.165, 1.54) is 12.1 Å². The van der Waals surface area contributed by atoms with Crippen LogP contribution in [-0.4, -0.2) is 13.4 Å². The molecule has 1 heterocycles. The summed E-state index contributed by atoms with van der Waals surface area (Å²) in [6, 6.07) is 12.1. The van der Waals surface area contributed by atoms with Crippen molar-refractivity contribution < 1.29 is 17.2 Å². The van der Waals surface area contributed by atoms with Crippen molar-refractivity contribution in [2.24, 2.45) is 5.73 Å². The third kappa shape index (κ3) is 4.94. The molecular formula is C18H14Cl2F2N4O2S. The summed E-state index contributed by atoms with van der Waals surface area (Å²) in [6.07, 6.45) is -0.822. The van der Waals surface area contributed by atoms with E-state index < -0.39 is 32.8 Å². The average molecular weight is 459 g/mol. The van der Waals surface area contributed by atoms with Crippen LogP contribution in [0.2, 0.25) is 10.0 Å². The number of halogens is 4. The van der Waals surface area contributed by atoms with E-state index in [1.807, 2.05) is 4.72 Å². The minimum Gasteiger partial charge on any atom is -0.365 e. The van der Waals surface area contributed by atoms with Crippen LogP contribution in [0.1, 0.15) is 11.7 Å². The van der Waals surface area contributed by atoms with Gasteiger partial charge in [-0.15, -0.1) is 0 Å². The summed E-state index contributed by atoms with van der Waals surface area (Å²) < 4.78 is 54.6. The molecule has 0 saturated heterocycles. The van der Waals surface area contributed by atoms with Gasteiger partial charge in [0.05, 0.1) is 10.7 Å². The van der Waals surface area contributed by atoms with Gasteiger partial charge in [-0.1, -0.05) is 47.5 Å². The highest BCUT2D eigenvalue weighted by molar-refractivity contribution is 7.92. The Morgan fingerprint density at radius 1 is 1.00 bits per heavy atom. The fraction of sp³-hybridized carbons (Fsp3) is 0.0556. The molecule has 0 spiro atoms. The molecule has 0 unspecified atom stereocenters. The lowest BCUT2D eigenvalue weighted by molar-refractivity contribution is 0.569. The lowest BCUT2D eigenvalue weighted by Gasteiger charge is -2.18. The Hall–Kier alpha value is -2.46. The Kier molecular flexibility index (Phi) is 6.23. The molecule has 6 nitrogen and oxygen atoms in total. The summed E-state index contributed by atoms with van der Waals surface area (Å²) in [7, 11) is -4.41. The fourth-order valence-electron chi connectivity index (χ4n) is 2.48. The molecule has 4 N–H and O–H groups in total. The van der Waals surface area contributed by atoms with Crippen molar-refractivity contribution in [1.82, 2.24) is 4.98 Å². The predicted octanol–water partition coefficient (Wildman–Crippen LogP) is 4.54. The zero-order valence-corrected chi connectivity index (χ0v) is 16.9. The number of rotatable bonds is 6. The van der Waals surface area contributed by atoms with Gasteiger partial charge in [0.1, 0.15) is 22.7 Å². The molecule has 2 aromatic carbocycles. The Labute approximate surface area is 175 Å². The van der Waals surface area contributed by atoms with Gasteiger partial charge in [0.25, 0.3) is 10.0 Å². The van der Waals surface area contributed by atoms with Gasteiger partial charge in [-0.3, -0.25) is 4.72 Å². The van der Waals surface area contributed by atoms with Crippen LogP contribution in [0, 0.1) is 11.8 Å². The van der Waals surface area contributed by atoms with Crippen LogP contribution >= 0.6 is 23.2 Å². The molecule has 0 saturated carbocycles. The van der Waals surface area contributed by atoms with Crippen molar-refractivity contribution in [2.45, 2.75) is 11.1 Å². The maximum atomic E-state index is 14.6. The van der Waals surface area contributed by atoms with Gasteiger partial charge in [0.2, 0.25) is 5.95 Å². The SMILES string of the molecule is N[C@H](Nc1cc(F)c(S(=O)(=O)Nc2cccc(F)n2)cc1Cl)c1ccccc1Cl. The standard InChI is InChI=1S/C18H14Cl2F2N4O2S/c19-11-5-2-1-4-10(11)18(23)24-14-9-13(21)15(8-12(14)20)29(27,28)26-17-7-3-6-16(22)25-17/h1-9,18,24H,23H2,(H,25,26)/t18-/m1/s1. The van der Waals surface area contributed by atoms with Gasteiger partial charge in [0, 0.05) is 10.6 Å². The van der Waals surface area contributed by atoms with Crippen LogP contribution in [0.5, 0.6) is 0 Å². The van der Waals surface area contributed by atoms with Crippen LogP contribution < -0.4 is 15.8 Å². The largest absolute Gasteiger partial charge is 0.365 e. The number of nitrogens with two attached hydrogens (primary N) is 1. The van der Waals surface area contributed by atoms with Crippen molar-refractivity contribution in [1.29, 1.82) is 0 Å². The van der Waals surface area contributed by atoms with Crippen molar-refractivity contribution in [3.05, 3.63) is 82.0 Å². The smallest absolute Gasteiger partial charge is 0.266 e. The van der Waals surface area contributed by atoms with E-state index in [9.17, 15) is 17.2 Å². The lowest BCUT2D eigenvalue weighted by Crippen LogP contribution is -2.21. The molecule has 29 heavy (non-hydrogen) atoms. The lowest BCUT2D eigenvalue weighted by atomic mass is 10.1. The minimum absolute atomic E-state index is 0.0689. The molecule has 0 aliphatic carbocycles. The van der Waals surface area contributed by atoms with E-state index in [4.69, 9.17) is 28.9 Å². The molecule has 0 aliphatic heterocycles. The number of pyridine rings is 1. The second kappa shape index (κ2) is 8.50. The molecule has 0 amide bonds. The molecule has 11 heteroatoms. The normalized spacial score (nSPS) is 12.4. The first kappa shape index (κ1) is 21.3. The minimum atomic E-state index is -4.41. The number of hydrogen-bond donors (Lipinski definition) is 3. The monoisotopic (exact) mass is 458 g/mol. The highest BCUT2D eigenvalue weighted by Gasteiger charge is 2.23. The van der Waals surface area contributed by atoms with Gasteiger partial charge in [0.15, 0.2) is 0 Å². The third-order valence-electron chi connectivity index (χ3n) is 3.82. The topological polar surface area (TPSA) is 97.1 Å². The molecule has 3 rings (SSSR count). The first-order valence-corrected chi connectivity index (χ1v) is 10.3. The number of benzene rings is 2. The first-order chi connectivity index (χ1) is 13.7. The average Bonchev–Trinajstić information content (AvgIpc) is 2.64. The summed E-state index contributed by atoms with van der Waals surface area (Å²) >= 11 is 12.2. The van der Waals surface area contributed by atoms with E-state index in [-0.39, 0.29) is 16.5 Å². The van der Waals surface area contributed by atoms with Crippen molar-refractivity contribution in [3.63, 3.8) is 0 Å². The zero-order chi connectivity index (χ0) is 21.2. The predicted molar refractivity (Wildman–Crippen MR) is 108 cm³/mol. The Bertz CT molecular complexity index is 1160. The van der Waals surface area contributed by atoms with Gasteiger partial charge in [-0.05, 0) is 30.3 Å². The Balaban J connectivity index is 1.88. The second-order valence-corrected chi connectivity index (χ2v) is 8.32. The number of anilines is 2. The van der Waals surface area contributed by atoms with Crippen LogP contribution in [0.25, 0.3) is 0 Å². The highest BCUT2D eigenvalue weighted by atomic mass is 35.5. The van der Waals surface area contributed by atoms with E-state index in [2.05, 4.69) is 10.3 Å². The van der Waals surface area contributed by atoms with Crippen molar-refractivity contribution in [2.75, 3.05) is 10.0 Å². The van der Waals surface area contributed by atoms with Crippen LogP contribution in [-0.2, 0) is 10.0 Å². The maximum Gasteiger partial charge on any atom is 0.266 e. The van der Waals surface area contributed by atoms with Gasteiger partial charge < -0.3 is 11.1 Å². The molecule has 0 fully saturated rings. The van der Waals surface area contributed by atoms with Crippen LogP contribution in [0.15, 0.2) is 59.5 Å². The summed E-state index contributed by atoms with van der Waals surface area (Å²) in [5.74, 6) is -2.28. The summed E-state index contributed by atoms with van der Waals surface area (Å²) in [4.78, 5) is 2.65. The van der Waals surface area contributed by atoms with E-state index in [0.717, 1.165) is 18.2 Å².